The zero-order valence-corrected chi connectivity index (χ0v) is 7.13. The van der Waals surface area contributed by atoms with Gasteiger partial charge in [-0.15, -0.1) is 0 Å². The van der Waals surface area contributed by atoms with E-state index in [1.165, 1.54) is 6.07 Å². The van der Waals surface area contributed by atoms with Crippen LogP contribution in [0, 0.1) is 6.92 Å². The van der Waals surface area contributed by atoms with E-state index in [4.69, 9.17) is 5.73 Å². The number of nitrogens with zero attached hydrogens (tertiary/aromatic N) is 1. The van der Waals surface area contributed by atoms with Crippen molar-refractivity contribution in [2.75, 3.05) is 12.3 Å². The Labute approximate surface area is 74.5 Å². The SMILES string of the molecule is Cc1cc(N)cc(OCC(F)F)n1. The molecule has 1 aromatic heterocycles. The van der Waals surface area contributed by atoms with Crippen molar-refractivity contribution in [3.63, 3.8) is 0 Å². The molecule has 0 fully saturated rings. The monoisotopic (exact) mass is 188 g/mol. The Bertz CT molecular complexity index is 271. The molecule has 0 spiro atoms. The molecule has 1 rings (SSSR count). The van der Waals surface area contributed by atoms with Crippen molar-refractivity contribution >= 4 is 5.69 Å². The summed E-state index contributed by atoms with van der Waals surface area (Å²) in [5, 5.41) is 0. The third-order valence-corrected chi connectivity index (χ3v) is 1.31. The number of pyridine rings is 1. The van der Waals surface area contributed by atoms with Gasteiger partial charge in [0.05, 0.1) is 0 Å². The number of rotatable bonds is 3. The molecule has 1 heterocycles. The number of hydrogen-bond donors (Lipinski definition) is 1. The summed E-state index contributed by atoms with van der Waals surface area (Å²) in [7, 11) is 0. The second kappa shape index (κ2) is 4.02. The molecule has 13 heavy (non-hydrogen) atoms. The number of alkyl halides is 2. The van der Waals surface area contributed by atoms with E-state index in [1.54, 1.807) is 13.0 Å². The Balaban J connectivity index is 2.66. The van der Waals surface area contributed by atoms with E-state index in [9.17, 15) is 8.78 Å². The molecule has 0 aromatic carbocycles. The van der Waals surface area contributed by atoms with E-state index >= 15 is 0 Å². The van der Waals surface area contributed by atoms with E-state index in [0.717, 1.165) is 0 Å². The highest BCUT2D eigenvalue weighted by Gasteiger charge is 2.04. The molecule has 2 N–H and O–H groups in total. The van der Waals surface area contributed by atoms with E-state index in [2.05, 4.69) is 9.72 Å². The van der Waals surface area contributed by atoms with Crippen LogP contribution in [0.5, 0.6) is 5.88 Å². The lowest BCUT2D eigenvalue weighted by Gasteiger charge is -2.05. The molecular formula is C8H10F2N2O. The van der Waals surface area contributed by atoms with Gasteiger partial charge in [0.1, 0.15) is 0 Å². The van der Waals surface area contributed by atoms with Gasteiger partial charge < -0.3 is 10.5 Å². The Hall–Kier alpha value is -1.39. The van der Waals surface area contributed by atoms with E-state index in [-0.39, 0.29) is 5.88 Å². The molecule has 3 nitrogen and oxygen atoms in total. The summed E-state index contributed by atoms with van der Waals surface area (Å²) in [6.45, 7) is 1.06. The maximum Gasteiger partial charge on any atom is 0.272 e. The van der Waals surface area contributed by atoms with E-state index in [1.807, 2.05) is 0 Å². The minimum atomic E-state index is -2.50. The largest absolute Gasteiger partial charge is 0.472 e. The van der Waals surface area contributed by atoms with Crippen LogP contribution in [-0.2, 0) is 0 Å². The van der Waals surface area contributed by atoms with Crippen molar-refractivity contribution in [1.29, 1.82) is 0 Å². The lowest BCUT2D eigenvalue weighted by molar-refractivity contribution is 0.0795. The molecule has 0 aliphatic rings. The molecule has 0 atom stereocenters. The third-order valence-electron chi connectivity index (χ3n) is 1.31. The molecule has 0 amide bonds. The fraction of sp³-hybridized carbons (Fsp3) is 0.375. The van der Waals surface area contributed by atoms with Crippen molar-refractivity contribution in [1.82, 2.24) is 4.98 Å². The number of nitrogens with two attached hydrogens (primary N) is 1. The fourth-order valence-corrected chi connectivity index (χ4v) is 0.886. The van der Waals surface area contributed by atoms with Crippen LogP contribution in [0.2, 0.25) is 0 Å². The minimum Gasteiger partial charge on any atom is -0.472 e. The lowest BCUT2D eigenvalue weighted by atomic mass is 10.3. The summed E-state index contributed by atoms with van der Waals surface area (Å²) < 4.78 is 28.2. The van der Waals surface area contributed by atoms with Crippen LogP contribution >= 0.6 is 0 Å². The third kappa shape index (κ3) is 3.23. The number of hydrogen-bond acceptors (Lipinski definition) is 3. The first-order valence-electron chi connectivity index (χ1n) is 3.73. The Morgan fingerprint density at radius 3 is 2.77 bits per heavy atom. The van der Waals surface area contributed by atoms with Gasteiger partial charge in [-0.3, -0.25) is 0 Å². The van der Waals surface area contributed by atoms with Crippen LogP contribution in [0.3, 0.4) is 0 Å². The van der Waals surface area contributed by atoms with Crippen LogP contribution in [0.25, 0.3) is 0 Å². The summed E-state index contributed by atoms with van der Waals surface area (Å²) in [4.78, 5) is 3.87. The first-order chi connectivity index (χ1) is 6.08. The minimum absolute atomic E-state index is 0.137. The quantitative estimate of drug-likeness (QED) is 0.784. The zero-order valence-electron chi connectivity index (χ0n) is 7.13. The van der Waals surface area contributed by atoms with Crippen molar-refractivity contribution in [3.8, 4) is 5.88 Å². The predicted molar refractivity (Wildman–Crippen MR) is 44.9 cm³/mol. The lowest BCUT2D eigenvalue weighted by Crippen LogP contribution is -2.08. The standard InChI is InChI=1S/C8H10F2N2O/c1-5-2-6(11)3-8(12-5)13-4-7(9)10/h2-3,7H,4H2,1H3,(H2,11,12). The van der Waals surface area contributed by atoms with Crippen LogP contribution in [-0.4, -0.2) is 18.0 Å². The maximum atomic E-state index is 11.7. The number of aromatic nitrogens is 1. The van der Waals surface area contributed by atoms with Crippen molar-refractivity contribution < 1.29 is 13.5 Å². The molecule has 0 saturated heterocycles. The summed E-state index contributed by atoms with van der Waals surface area (Å²) in [6, 6.07) is 3.05. The number of ether oxygens (including phenoxy) is 1. The van der Waals surface area contributed by atoms with Crippen molar-refractivity contribution in [3.05, 3.63) is 17.8 Å². The summed E-state index contributed by atoms with van der Waals surface area (Å²) in [6.07, 6.45) is -2.50. The van der Waals surface area contributed by atoms with Gasteiger partial charge in [-0.05, 0) is 13.0 Å². The maximum absolute atomic E-state index is 11.7. The summed E-state index contributed by atoms with van der Waals surface area (Å²) in [5.74, 6) is 0.137. The van der Waals surface area contributed by atoms with Gasteiger partial charge in [0.15, 0.2) is 6.61 Å². The molecular weight excluding hydrogens is 178 g/mol. The van der Waals surface area contributed by atoms with Gasteiger partial charge in [0, 0.05) is 17.4 Å². The molecule has 72 valence electrons. The Morgan fingerprint density at radius 1 is 1.54 bits per heavy atom. The van der Waals surface area contributed by atoms with Crippen molar-refractivity contribution in [2.45, 2.75) is 13.3 Å². The number of nitrogen functional groups attached to an aromatic ring is 1. The van der Waals surface area contributed by atoms with Gasteiger partial charge in [-0.1, -0.05) is 0 Å². The van der Waals surface area contributed by atoms with E-state index in [0.29, 0.717) is 11.4 Å². The van der Waals surface area contributed by atoms with Crippen LogP contribution < -0.4 is 10.5 Å². The highest BCUT2D eigenvalue weighted by Crippen LogP contribution is 2.14. The molecule has 5 heteroatoms. The molecule has 0 aliphatic heterocycles. The smallest absolute Gasteiger partial charge is 0.272 e. The highest BCUT2D eigenvalue weighted by molar-refractivity contribution is 5.42. The van der Waals surface area contributed by atoms with E-state index < -0.39 is 13.0 Å². The topological polar surface area (TPSA) is 48.1 Å². The second-order valence-electron chi connectivity index (χ2n) is 2.58. The average Bonchev–Trinajstić information content (AvgIpc) is 1.99. The van der Waals surface area contributed by atoms with Crippen LogP contribution in [0.1, 0.15) is 5.69 Å². The molecule has 0 aliphatic carbocycles. The van der Waals surface area contributed by atoms with Gasteiger partial charge in [0.2, 0.25) is 5.88 Å². The predicted octanol–water partition coefficient (Wildman–Crippen LogP) is 1.62. The van der Waals surface area contributed by atoms with Gasteiger partial charge in [-0.25, -0.2) is 13.8 Å². The normalized spacial score (nSPS) is 10.5. The van der Waals surface area contributed by atoms with Crippen molar-refractivity contribution in [2.24, 2.45) is 0 Å². The molecule has 0 saturated carbocycles. The molecule has 1 aromatic rings. The molecule has 0 bridgehead atoms. The van der Waals surface area contributed by atoms with Gasteiger partial charge in [0.25, 0.3) is 6.43 Å². The zero-order chi connectivity index (χ0) is 9.84. The summed E-state index contributed by atoms with van der Waals surface area (Å²) >= 11 is 0. The Kier molecular flexibility index (Phi) is 3.00. The molecule has 0 radical (unpaired) electrons. The highest BCUT2D eigenvalue weighted by atomic mass is 19.3. The first-order valence-corrected chi connectivity index (χ1v) is 3.73. The van der Waals surface area contributed by atoms with Gasteiger partial charge in [-0.2, -0.15) is 0 Å². The number of anilines is 1. The van der Waals surface area contributed by atoms with Crippen LogP contribution in [0.15, 0.2) is 12.1 Å². The van der Waals surface area contributed by atoms with Crippen LogP contribution in [0.4, 0.5) is 14.5 Å². The number of halogens is 2. The second-order valence-corrected chi connectivity index (χ2v) is 2.58. The summed E-state index contributed by atoms with van der Waals surface area (Å²) in [5.41, 5.74) is 6.56. The average molecular weight is 188 g/mol. The first kappa shape index (κ1) is 9.70. The molecule has 0 unspecified atom stereocenters. The Morgan fingerprint density at radius 2 is 2.23 bits per heavy atom. The van der Waals surface area contributed by atoms with Gasteiger partial charge >= 0.3 is 0 Å². The fourth-order valence-electron chi connectivity index (χ4n) is 0.886. The number of aryl methyl sites for hydroxylation is 1.